The van der Waals surface area contributed by atoms with E-state index in [1.165, 1.54) is 0 Å². The summed E-state index contributed by atoms with van der Waals surface area (Å²) >= 11 is 3.30. The van der Waals surface area contributed by atoms with E-state index in [0.717, 1.165) is 17.3 Å². The summed E-state index contributed by atoms with van der Waals surface area (Å²) in [4.78, 5) is 7.64. The molecule has 0 aliphatic heterocycles. The van der Waals surface area contributed by atoms with Crippen molar-refractivity contribution in [2.75, 3.05) is 16.8 Å². The molecule has 4 nitrogen and oxygen atoms in total. The molecule has 6 heteroatoms. The predicted molar refractivity (Wildman–Crippen MR) is 49.5 cm³/mol. The Kier molecular flexibility index (Phi) is 5.16. The first-order valence-corrected chi connectivity index (χ1v) is 4.29. The number of aryl methyl sites for hydroxylation is 1. The van der Waals surface area contributed by atoms with Crippen molar-refractivity contribution in [3.63, 3.8) is 0 Å². The lowest BCUT2D eigenvalue weighted by atomic mass is 10.2. The van der Waals surface area contributed by atoms with Gasteiger partial charge in [-0.2, -0.15) is 4.98 Å². The molecule has 0 saturated carbocycles. The quantitative estimate of drug-likeness (QED) is 0.602. The second-order valence-corrected chi connectivity index (χ2v) is 2.87. The van der Waals surface area contributed by atoms with E-state index in [2.05, 4.69) is 25.9 Å². The summed E-state index contributed by atoms with van der Waals surface area (Å²) in [5.41, 5.74) is 11.8. The fourth-order valence-corrected chi connectivity index (χ4v) is 1.16. The summed E-state index contributed by atoms with van der Waals surface area (Å²) in [5, 5.41) is 0.852. The second kappa shape index (κ2) is 5.31. The molecule has 4 N–H and O–H groups in total. The van der Waals surface area contributed by atoms with Gasteiger partial charge in [-0.1, -0.05) is 15.9 Å². The molecule has 0 unspecified atom stereocenters. The number of rotatable bonds is 2. The smallest absolute Gasteiger partial charge is 1.00 e. The molecule has 0 atom stereocenters. The van der Waals surface area contributed by atoms with Gasteiger partial charge in [-0.3, -0.25) is 0 Å². The molecule has 0 aromatic carbocycles. The summed E-state index contributed by atoms with van der Waals surface area (Å²) in [6.45, 7) is 0. The molecule has 0 radical (unpaired) electrons. The topological polar surface area (TPSA) is 77.8 Å². The molecular formula is C6H10Br2N4. The van der Waals surface area contributed by atoms with Crippen LogP contribution in [0.1, 0.15) is 6.99 Å². The number of nitrogens with zero attached hydrogens (tertiary/aromatic N) is 2. The zero-order valence-electron chi connectivity index (χ0n) is 7.30. The van der Waals surface area contributed by atoms with Gasteiger partial charge in [0.25, 0.3) is 0 Å². The van der Waals surface area contributed by atoms with Gasteiger partial charge in [0.1, 0.15) is 5.82 Å². The van der Waals surface area contributed by atoms with Gasteiger partial charge in [0.15, 0.2) is 0 Å². The highest BCUT2D eigenvalue weighted by Crippen LogP contribution is 2.09. The van der Waals surface area contributed by atoms with Crippen LogP contribution in [0, 0.1) is 0 Å². The Morgan fingerprint density at radius 2 is 2.17 bits per heavy atom. The van der Waals surface area contributed by atoms with Crippen LogP contribution in [-0.4, -0.2) is 15.3 Å². The van der Waals surface area contributed by atoms with Crippen LogP contribution in [0.25, 0.3) is 0 Å². The van der Waals surface area contributed by atoms with E-state index in [1.807, 2.05) is 0 Å². The summed E-state index contributed by atoms with van der Waals surface area (Å²) < 4.78 is 0. The van der Waals surface area contributed by atoms with Crippen molar-refractivity contribution >= 4 is 27.7 Å². The normalized spacial score (nSPS) is 9.08. The Balaban J connectivity index is 0. The molecule has 12 heavy (non-hydrogen) atoms. The van der Waals surface area contributed by atoms with Crippen LogP contribution >= 0.6 is 15.9 Å². The fraction of sp³-hybridized carbons (Fsp3) is 0.333. The van der Waals surface area contributed by atoms with Gasteiger partial charge in [0, 0.05) is 17.1 Å². The van der Waals surface area contributed by atoms with Crippen molar-refractivity contribution in [3.8, 4) is 0 Å². The standard InChI is InChI=1S/C6H9BrN4.BrH/c7-2-1-4-3-10-6(9)11-5(4)8;/h3H,1-2H2,(H4,8,9,10,11);1H. The Morgan fingerprint density at radius 3 is 2.67 bits per heavy atom. The zero-order chi connectivity index (χ0) is 8.27. The van der Waals surface area contributed by atoms with Gasteiger partial charge >= 0.3 is 1.43 Å². The number of hydrogen-bond donors (Lipinski definition) is 2. The number of hydrogen-bond acceptors (Lipinski definition) is 4. The van der Waals surface area contributed by atoms with E-state index < -0.39 is 0 Å². The Bertz CT molecular complexity index is 258. The second-order valence-electron chi connectivity index (χ2n) is 2.08. The third kappa shape index (κ3) is 2.94. The lowest BCUT2D eigenvalue weighted by Crippen LogP contribution is -3.00. The predicted octanol–water partition coefficient (Wildman–Crippen LogP) is -2.31. The van der Waals surface area contributed by atoms with E-state index in [-0.39, 0.29) is 24.4 Å². The first-order valence-electron chi connectivity index (χ1n) is 3.17. The third-order valence-electron chi connectivity index (χ3n) is 1.28. The number of aromatic nitrogens is 2. The molecule has 1 aromatic heterocycles. The molecule has 0 amide bonds. The minimum absolute atomic E-state index is 0. The molecule has 68 valence electrons. The third-order valence-corrected chi connectivity index (χ3v) is 1.68. The number of alkyl halides is 1. The van der Waals surface area contributed by atoms with Crippen LogP contribution in [0.2, 0.25) is 0 Å². The van der Waals surface area contributed by atoms with Crippen LogP contribution in [0.4, 0.5) is 11.8 Å². The molecule has 0 spiro atoms. The molecule has 0 aliphatic carbocycles. The van der Waals surface area contributed by atoms with Gasteiger partial charge in [0.2, 0.25) is 5.95 Å². The average Bonchev–Trinajstić information content (AvgIpc) is 1.95. The number of halogens is 2. The molecule has 0 aliphatic rings. The van der Waals surface area contributed by atoms with Crippen molar-refractivity contribution in [1.82, 2.24) is 9.97 Å². The summed E-state index contributed by atoms with van der Waals surface area (Å²) in [6.07, 6.45) is 2.48. The Morgan fingerprint density at radius 1 is 1.50 bits per heavy atom. The minimum Gasteiger partial charge on any atom is -1.00 e. The molecule has 1 aromatic rings. The molecular weight excluding hydrogens is 288 g/mol. The highest BCUT2D eigenvalue weighted by molar-refractivity contribution is 9.09. The lowest BCUT2D eigenvalue weighted by molar-refractivity contribution is -0.00000246. The highest BCUT2D eigenvalue weighted by atomic mass is 79.9. The molecule has 0 fully saturated rings. The van der Waals surface area contributed by atoms with E-state index >= 15 is 0 Å². The van der Waals surface area contributed by atoms with Crippen LogP contribution < -0.4 is 28.4 Å². The van der Waals surface area contributed by atoms with E-state index in [0.29, 0.717) is 5.82 Å². The van der Waals surface area contributed by atoms with Crippen LogP contribution in [0.15, 0.2) is 6.20 Å². The van der Waals surface area contributed by atoms with Crippen LogP contribution in [-0.2, 0) is 6.42 Å². The van der Waals surface area contributed by atoms with Gasteiger partial charge in [-0.15, -0.1) is 0 Å². The van der Waals surface area contributed by atoms with Crippen molar-refractivity contribution in [2.24, 2.45) is 0 Å². The lowest BCUT2D eigenvalue weighted by Gasteiger charge is -2.01. The van der Waals surface area contributed by atoms with E-state index in [9.17, 15) is 0 Å². The van der Waals surface area contributed by atoms with Crippen LogP contribution in [0.5, 0.6) is 0 Å². The fourth-order valence-electron chi connectivity index (χ4n) is 0.729. The summed E-state index contributed by atoms with van der Waals surface area (Å²) in [6, 6.07) is 0. The molecule has 1 rings (SSSR count). The SMILES string of the molecule is Nc1ncc(CCBr)c(N)n1.[Br-].[H+]. The molecule has 1 heterocycles. The first kappa shape index (κ1) is 11.6. The number of nitrogen functional groups attached to an aromatic ring is 2. The van der Waals surface area contributed by atoms with Crippen LogP contribution in [0.3, 0.4) is 0 Å². The maximum Gasteiger partial charge on any atom is 1.00 e. The van der Waals surface area contributed by atoms with E-state index in [4.69, 9.17) is 11.5 Å². The van der Waals surface area contributed by atoms with Crippen molar-refractivity contribution < 1.29 is 18.4 Å². The highest BCUT2D eigenvalue weighted by Gasteiger charge is 1.99. The zero-order valence-corrected chi connectivity index (χ0v) is 9.47. The maximum atomic E-state index is 5.56. The molecule has 0 saturated heterocycles. The van der Waals surface area contributed by atoms with Gasteiger partial charge < -0.3 is 28.4 Å². The van der Waals surface area contributed by atoms with Gasteiger partial charge in [0.05, 0.1) is 0 Å². The number of anilines is 2. The van der Waals surface area contributed by atoms with Crippen molar-refractivity contribution in [3.05, 3.63) is 11.8 Å². The van der Waals surface area contributed by atoms with Gasteiger partial charge in [-0.25, -0.2) is 4.98 Å². The maximum absolute atomic E-state index is 5.56. The summed E-state index contributed by atoms with van der Waals surface area (Å²) in [7, 11) is 0. The Hall–Kier alpha value is -0.360. The van der Waals surface area contributed by atoms with Crippen molar-refractivity contribution in [2.45, 2.75) is 6.42 Å². The largest absolute Gasteiger partial charge is 1.00 e. The first-order chi connectivity index (χ1) is 5.24. The molecule has 0 bridgehead atoms. The van der Waals surface area contributed by atoms with E-state index in [1.54, 1.807) is 6.20 Å². The summed E-state index contributed by atoms with van der Waals surface area (Å²) in [5.74, 6) is 0.692. The van der Waals surface area contributed by atoms with Crippen molar-refractivity contribution in [1.29, 1.82) is 0 Å². The Labute approximate surface area is 91.1 Å². The number of nitrogens with two attached hydrogens (primary N) is 2. The monoisotopic (exact) mass is 296 g/mol. The average molecular weight is 298 g/mol. The minimum atomic E-state index is 0. The van der Waals surface area contributed by atoms with Gasteiger partial charge in [-0.05, 0) is 6.42 Å².